The summed E-state index contributed by atoms with van der Waals surface area (Å²) in [6.45, 7) is 8.72. The number of aliphatic hydroxyl groups is 1. The molecular weight excluding hydrogens is 360 g/mol. The van der Waals surface area contributed by atoms with Crippen LogP contribution >= 0.6 is 11.3 Å². The monoisotopic (exact) mass is 392 g/mol. The summed E-state index contributed by atoms with van der Waals surface area (Å²) in [6.07, 6.45) is -0.550. The molecule has 0 fully saturated rings. The van der Waals surface area contributed by atoms with Gasteiger partial charge in [0.25, 0.3) is 0 Å². The standard InChI is InChI=1S/C21H32N2O3S/c1-15(2)23(4)13-18(24)14-26-21-10-17(7-9-20(21)25-5)11-22-12-19-8-6-16(3)27-19/h6-10,15,18,22,24H,11-14H2,1-5H3. The summed E-state index contributed by atoms with van der Waals surface area (Å²) in [4.78, 5) is 4.75. The molecule has 2 rings (SSSR count). The molecule has 150 valence electrons. The third-order valence-corrected chi connectivity index (χ3v) is 5.46. The van der Waals surface area contributed by atoms with Crippen molar-refractivity contribution >= 4 is 11.3 Å². The molecule has 2 aromatic rings. The Hall–Kier alpha value is -1.60. The van der Waals surface area contributed by atoms with E-state index in [4.69, 9.17) is 9.47 Å². The summed E-state index contributed by atoms with van der Waals surface area (Å²) in [5.41, 5.74) is 1.12. The maximum Gasteiger partial charge on any atom is 0.161 e. The van der Waals surface area contributed by atoms with Crippen molar-refractivity contribution in [3.8, 4) is 11.5 Å². The zero-order chi connectivity index (χ0) is 19.8. The third kappa shape index (κ3) is 7.14. The highest BCUT2D eigenvalue weighted by molar-refractivity contribution is 7.11. The molecule has 0 saturated heterocycles. The lowest BCUT2D eigenvalue weighted by Gasteiger charge is -2.24. The van der Waals surface area contributed by atoms with E-state index in [9.17, 15) is 5.11 Å². The highest BCUT2D eigenvalue weighted by Crippen LogP contribution is 2.28. The molecule has 27 heavy (non-hydrogen) atoms. The van der Waals surface area contributed by atoms with Crippen LogP contribution in [0.1, 0.15) is 29.2 Å². The molecule has 0 aliphatic carbocycles. The summed E-state index contributed by atoms with van der Waals surface area (Å²) >= 11 is 1.81. The predicted octanol–water partition coefficient (Wildman–Crippen LogP) is 3.43. The van der Waals surface area contributed by atoms with E-state index in [0.717, 1.165) is 18.7 Å². The molecule has 0 amide bonds. The summed E-state index contributed by atoms with van der Waals surface area (Å²) < 4.78 is 11.2. The predicted molar refractivity (Wildman–Crippen MR) is 112 cm³/mol. The smallest absolute Gasteiger partial charge is 0.161 e. The molecule has 0 bridgehead atoms. The number of aryl methyl sites for hydroxylation is 1. The molecule has 0 radical (unpaired) electrons. The van der Waals surface area contributed by atoms with Gasteiger partial charge in [0.1, 0.15) is 12.7 Å². The maximum absolute atomic E-state index is 10.2. The Kier molecular flexibility index (Phi) is 8.57. The molecule has 1 aromatic carbocycles. The number of methoxy groups -OCH3 is 1. The van der Waals surface area contributed by atoms with E-state index in [1.165, 1.54) is 9.75 Å². The van der Waals surface area contributed by atoms with E-state index in [1.807, 2.05) is 36.6 Å². The number of hydrogen-bond acceptors (Lipinski definition) is 6. The van der Waals surface area contributed by atoms with Gasteiger partial charge >= 0.3 is 0 Å². The first kappa shape index (κ1) is 21.7. The Balaban J connectivity index is 1.89. The largest absolute Gasteiger partial charge is 0.493 e. The summed E-state index contributed by atoms with van der Waals surface area (Å²) in [5.74, 6) is 1.34. The van der Waals surface area contributed by atoms with E-state index < -0.39 is 6.10 Å². The summed E-state index contributed by atoms with van der Waals surface area (Å²) in [7, 11) is 3.62. The lowest BCUT2D eigenvalue weighted by Crippen LogP contribution is -2.37. The minimum Gasteiger partial charge on any atom is -0.493 e. The normalized spacial score (nSPS) is 12.6. The molecule has 0 saturated carbocycles. The molecule has 1 unspecified atom stereocenters. The first-order chi connectivity index (χ1) is 12.9. The van der Waals surface area contributed by atoms with Crippen molar-refractivity contribution in [2.24, 2.45) is 0 Å². The van der Waals surface area contributed by atoms with Gasteiger partial charge in [-0.3, -0.25) is 0 Å². The van der Waals surface area contributed by atoms with Crippen molar-refractivity contribution in [3.63, 3.8) is 0 Å². The average Bonchev–Trinajstić information content (AvgIpc) is 3.05. The second-order valence-corrected chi connectivity index (χ2v) is 8.47. The summed E-state index contributed by atoms with van der Waals surface area (Å²) in [6, 6.07) is 10.6. The second-order valence-electron chi connectivity index (χ2n) is 7.10. The lowest BCUT2D eigenvalue weighted by molar-refractivity contribution is 0.0668. The van der Waals surface area contributed by atoms with Gasteiger partial charge in [0.05, 0.1) is 7.11 Å². The number of benzene rings is 1. The second kappa shape index (κ2) is 10.7. The molecule has 1 heterocycles. The van der Waals surface area contributed by atoms with Crippen molar-refractivity contribution in [1.82, 2.24) is 10.2 Å². The number of rotatable bonds is 11. The van der Waals surface area contributed by atoms with Crippen molar-refractivity contribution in [1.29, 1.82) is 0 Å². The third-order valence-electron chi connectivity index (χ3n) is 4.46. The SMILES string of the molecule is COc1ccc(CNCc2ccc(C)s2)cc1OCC(O)CN(C)C(C)C. The molecule has 6 heteroatoms. The number of aliphatic hydroxyl groups excluding tert-OH is 1. The highest BCUT2D eigenvalue weighted by Gasteiger charge is 2.13. The Labute approximate surface area is 166 Å². The van der Waals surface area contributed by atoms with Crippen LogP contribution in [0.3, 0.4) is 0 Å². The molecule has 1 aromatic heterocycles. The van der Waals surface area contributed by atoms with Crippen molar-refractivity contribution in [2.45, 2.75) is 46.0 Å². The van der Waals surface area contributed by atoms with E-state index in [-0.39, 0.29) is 6.61 Å². The maximum atomic E-state index is 10.2. The van der Waals surface area contributed by atoms with E-state index >= 15 is 0 Å². The number of hydrogen-bond donors (Lipinski definition) is 2. The van der Waals surface area contributed by atoms with Gasteiger partial charge in [-0.15, -0.1) is 11.3 Å². The van der Waals surface area contributed by atoms with Gasteiger partial charge in [-0.05, 0) is 57.6 Å². The van der Waals surface area contributed by atoms with Crippen molar-refractivity contribution in [2.75, 3.05) is 27.3 Å². The summed E-state index contributed by atoms with van der Waals surface area (Å²) in [5, 5.41) is 13.7. The fraction of sp³-hybridized carbons (Fsp3) is 0.524. The van der Waals surface area contributed by atoms with Crippen molar-refractivity contribution < 1.29 is 14.6 Å². The number of nitrogens with one attached hydrogen (secondary N) is 1. The van der Waals surface area contributed by atoms with Crippen LogP contribution in [-0.2, 0) is 13.1 Å². The van der Waals surface area contributed by atoms with Crippen LogP contribution in [-0.4, -0.2) is 49.5 Å². The van der Waals surface area contributed by atoms with Gasteiger partial charge in [-0.25, -0.2) is 0 Å². The van der Waals surface area contributed by atoms with E-state index in [1.54, 1.807) is 7.11 Å². The van der Waals surface area contributed by atoms with Crippen LogP contribution in [0.25, 0.3) is 0 Å². The molecule has 1 atom stereocenters. The topological polar surface area (TPSA) is 54.0 Å². The van der Waals surface area contributed by atoms with Gasteiger partial charge in [-0.1, -0.05) is 6.07 Å². The first-order valence-electron chi connectivity index (χ1n) is 9.33. The lowest BCUT2D eigenvalue weighted by atomic mass is 10.2. The van der Waals surface area contributed by atoms with Crippen LogP contribution in [0.4, 0.5) is 0 Å². The van der Waals surface area contributed by atoms with E-state index in [0.29, 0.717) is 24.1 Å². The Bertz CT molecular complexity index is 702. The van der Waals surface area contributed by atoms with Crippen LogP contribution in [0.15, 0.2) is 30.3 Å². The molecule has 0 aliphatic rings. The first-order valence-corrected chi connectivity index (χ1v) is 10.1. The van der Waals surface area contributed by atoms with Crippen molar-refractivity contribution in [3.05, 3.63) is 45.6 Å². The minimum atomic E-state index is -0.550. The van der Waals surface area contributed by atoms with Gasteiger partial charge in [0.2, 0.25) is 0 Å². The number of likely N-dealkylation sites (N-methyl/N-ethyl adjacent to an activating group) is 1. The number of nitrogens with zero attached hydrogens (tertiary/aromatic N) is 1. The average molecular weight is 393 g/mol. The Morgan fingerprint density at radius 3 is 2.56 bits per heavy atom. The molecule has 0 aliphatic heterocycles. The van der Waals surface area contributed by atoms with Gasteiger partial charge in [0, 0.05) is 35.4 Å². The van der Waals surface area contributed by atoms with E-state index in [2.05, 4.69) is 43.1 Å². The molecule has 0 spiro atoms. The zero-order valence-corrected chi connectivity index (χ0v) is 17.8. The molecule has 2 N–H and O–H groups in total. The van der Waals surface area contributed by atoms with Gasteiger partial charge < -0.3 is 24.8 Å². The van der Waals surface area contributed by atoms with Gasteiger partial charge in [-0.2, -0.15) is 0 Å². The molecule has 5 nitrogen and oxygen atoms in total. The van der Waals surface area contributed by atoms with Gasteiger partial charge in [0.15, 0.2) is 11.5 Å². The fourth-order valence-electron chi connectivity index (χ4n) is 2.64. The Morgan fingerprint density at radius 1 is 1.15 bits per heavy atom. The fourth-order valence-corrected chi connectivity index (χ4v) is 3.50. The Morgan fingerprint density at radius 2 is 1.93 bits per heavy atom. The zero-order valence-electron chi connectivity index (χ0n) is 17.0. The van der Waals surface area contributed by atoms with Crippen LogP contribution in [0.2, 0.25) is 0 Å². The quantitative estimate of drug-likeness (QED) is 0.614. The van der Waals surface area contributed by atoms with Crippen LogP contribution < -0.4 is 14.8 Å². The number of ether oxygens (including phenoxy) is 2. The number of thiophene rings is 1. The van der Waals surface area contributed by atoms with Crippen LogP contribution in [0, 0.1) is 6.92 Å². The minimum absolute atomic E-state index is 0.235. The highest BCUT2D eigenvalue weighted by atomic mass is 32.1. The van der Waals surface area contributed by atoms with Crippen LogP contribution in [0.5, 0.6) is 11.5 Å². The molecular formula is C21H32N2O3S.